The monoisotopic (exact) mass is 478 g/mol. The van der Waals surface area contributed by atoms with Gasteiger partial charge in [0.1, 0.15) is 0 Å². The molecule has 0 amide bonds. The molecule has 0 heterocycles. The number of nitro groups is 1. The number of hydrogen-bond donors (Lipinski definition) is 4. The number of nitrogens with one attached hydrogen (secondary N) is 1. The van der Waals surface area contributed by atoms with E-state index in [1.807, 2.05) is 30.3 Å². The number of rotatable bonds is 7. The Balaban J connectivity index is 0.000000654. The van der Waals surface area contributed by atoms with Crippen LogP contribution in [-0.2, 0) is 4.57 Å². The van der Waals surface area contributed by atoms with Crippen molar-refractivity contribution in [2.75, 3.05) is 5.32 Å². The van der Waals surface area contributed by atoms with Crippen LogP contribution in [0, 0.1) is 10.1 Å². The summed E-state index contributed by atoms with van der Waals surface area (Å²) in [6, 6.07) is 22.3. The molecule has 4 N–H and O–H groups in total. The van der Waals surface area contributed by atoms with E-state index in [4.69, 9.17) is 30.8 Å². The van der Waals surface area contributed by atoms with Gasteiger partial charge < -0.3 is 20.0 Å². The normalized spacial score (nSPS) is 11.6. The summed E-state index contributed by atoms with van der Waals surface area (Å²) in [5.74, 6) is -0.0186. The third kappa shape index (κ3) is 8.97. The summed E-state index contributed by atoms with van der Waals surface area (Å²) < 4.78 is 8.88. The molecule has 168 valence electrons. The van der Waals surface area contributed by atoms with Crippen molar-refractivity contribution in [3.05, 3.63) is 105 Å². The van der Waals surface area contributed by atoms with Crippen molar-refractivity contribution in [3.8, 4) is 0 Å². The van der Waals surface area contributed by atoms with Crippen LogP contribution in [0.2, 0.25) is 5.02 Å². The number of phosphoric acid groups is 1. The predicted molar refractivity (Wildman–Crippen MR) is 121 cm³/mol. The molecule has 1 atom stereocenters. The van der Waals surface area contributed by atoms with Crippen molar-refractivity contribution < 1.29 is 29.0 Å². The number of anilines is 1. The molecule has 3 rings (SSSR count). The van der Waals surface area contributed by atoms with E-state index >= 15 is 0 Å². The lowest BCUT2D eigenvalue weighted by molar-refractivity contribution is -0.384. The lowest BCUT2D eigenvalue weighted by Gasteiger charge is -2.20. The zero-order valence-electron chi connectivity index (χ0n) is 16.5. The van der Waals surface area contributed by atoms with Gasteiger partial charge in [-0.2, -0.15) is 0 Å². The summed E-state index contributed by atoms with van der Waals surface area (Å²) in [5, 5.41) is 14.7. The third-order valence-electron chi connectivity index (χ3n) is 4.18. The quantitative estimate of drug-likeness (QED) is 0.164. The summed E-state index contributed by atoms with van der Waals surface area (Å²) in [6.45, 7) is 0. The number of ketones is 1. The van der Waals surface area contributed by atoms with Crippen LogP contribution in [-0.4, -0.2) is 25.4 Å². The molecule has 3 aromatic carbocycles. The van der Waals surface area contributed by atoms with Gasteiger partial charge in [0.15, 0.2) is 5.78 Å². The van der Waals surface area contributed by atoms with Gasteiger partial charge in [-0.3, -0.25) is 14.9 Å². The van der Waals surface area contributed by atoms with Gasteiger partial charge in [0.2, 0.25) is 0 Å². The standard InChI is InChI=1S/C21H17ClN2O3.H3O4P/c22-17-8-6-16(7-9-17)21(25)14-20(15-4-2-1-3-5-15)23-18-10-12-19(13-11-18)24(26)27;1-5(2,3)4/h1-13,20,23H,14H2;(H3,1,2,3,4). The van der Waals surface area contributed by atoms with Crippen LogP contribution in [0.5, 0.6) is 0 Å². The van der Waals surface area contributed by atoms with E-state index in [0.29, 0.717) is 16.3 Å². The molecule has 0 fully saturated rings. The Hall–Kier alpha value is -3.07. The summed E-state index contributed by atoms with van der Waals surface area (Å²) in [6.07, 6.45) is 0.239. The van der Waals surface area contributed by atoms with Gasteiger partial charge in [0.25, 0.3) is 5.69 Å². The minimum Gasteiger partial charge on any atom is -0.378 e. The Morgan fingerprint density at radius 3 is 2.00 bits per heavy atom. The van der Waals surface area contributed by atoms with Crippen LogP contribution in [0.15, 0.2) is 78.9 Å². The highest BCUT2D eigenvalue weighted by Crippen LogP contribution is 2.26. The van der Waals surface area contributed by atoms with Crippen LogP contribution >= 0.6 is 19.4 Å². The van der Waals surface area contributed by atoms with E-state index in [1.165, 1.54) is 12.1 Å². The van der Waals surface area contributed by atoms with Crippen molar-refractivity contribution in [2.24, 2.45) is 0 Å². The van der Waals surface area contributed by atoms with Gasteiger partial charge in [0.05, 0.1) is 11.0 Å². The Morgan fingerprint density at radius 1 is 0.969 bits per heavy atom. The fourth-order valence-corrected chi connectivity index (χ4v) is 2.88. The number of non-ortho nitro benzene ring substituents is 1. The molecule has 0 radical (unpaired) electrons. The average molecular weight is 479 g/mol. The molecule has 1 unspecified atom stereocenters. The maximum Gasteiger partial charge on any atom is 0.466 e. The van der Waals surface area contributed by atoms with E-state index in [2.05, 4.69) is 5.32 Å². The SMILES string of the molecule is O=C(CC(Nc1ccc([N+](=O)[O-])cc1)c1ccccc1)c1ccc(Cl)cc1.O=P(O)(O)O. The van der Waals surface area contributed by atoms with Crippen molar-refractivity contribution >= 4 is 36.6 Å². The van der Waals surface area contributed by atoms with Gasteiger partial charge in [-0.1, -0.05) is 41.9 Å². The van der Waals surface area contributed by atoms with Gasteiger partial charge in [-0.25, -0.2) is 4.57 Å². The maximum absolute atomic E-state index is 12.7. The molecule has 0 saturated heterocycles. The maximum atomic E-state index is 12.7. The topological polar surface area (TPSA) is 150 Å². The van der Waals surface area contributed by atoms with Crippen molar-refractivity contribution in [2.45, 2.75) is 12.5 Å². The molecular weight excluding hydrogens is 459 g/mol. The number of carbonyl (C=O) groups is 1. The summed E-state index contributed by atoms with van der Waals surface area (Å²) in [7, 11) is -4.64. The molecule has 0 bridgehead atoms. The molecule has 0 aromatic heterocycles. The van der Waals surface area contributed by atoms with E-state index in [0.717, 1.165) is 5.56 Å². The van der Waals surface area contributed by atoms with E-state index < -0.39 is 12.7 Å². The third-order valence-corrected chi connectivity index (χ3v) is 4.43. The lowest BCUT2D eigenvalue weighted by Crippen LogP contribution is -2.15. The van der Waals surface area contributed by atoms with E-state index in [-0.39, 0.29) is 23.9 Å². The zero-order chi connectivity index (χ0) is 23.7. The number of Topliss-reactive ketones (excluding diaryl/α,β-unsaturated/α-hetero) is 1. The van der Waals surface area contributed by atoms with Gasteiger partial charge in [0, 0.05) is 34.8 Å². The van der Waals surface area contributed by atoms with Gasteiger partial charge >= 0.3 is 7.82 Å². The van der Waals surface area contributed by atoms with Crippen molar-refractivity contribution in [1.82, 2.24) is 0 Å². The second-order valence-electron chi connectivity index (χ2n) is 6.56. The van der Waals surface area contributed by atoms with Gasteiger partial charge in [-0.05, 0) is 42.0 Å². The first kappa shape index (κ1) is 25.2. The first-order valence-corrected chi connectivity index (χ1v) is 11.1. The molecule has 0 aliphatic heterocycles. The molecular formula is C21H20ClN2O7P. The molecule has 32 heavy (non-hydrogen) atoms. The lowest BCUT2D eigenvalue weighted by atomic mass is 9.97. The fourth-order valence-electron chi connectivity index (χ4n) is 2.76. The predicted octanol–water partition coefficient (Wildman–Crippen LogP) is 4.75. The Labute approximate surface area is 188 Å². The number of benzene rings is 3. The molecule has 0 spiro atoms. The van der Waals surface area contributed by atoms with Crippen LogP contribution in [0.3, 0.4) is 0 Å². The minimum atomic E-state index is -4.64. The van der Waals surface area contributed by atoms with Crippen LogP contribution in [0.1, 0.15) is 28.4 Å². The number of nitrogens with zero attached hydrogens (tertiary/aromatic N) is 1. The first-order valence-electron chi connectivity index (χ1n) is 9.16. The Kier molecular flexibility index (Phi) is 9.07. The molecule has 11 heteroatoms. The molecule has 9 nitrogen and oxygen atoms in total. The number of carbonyl (C=O) groups excluding carboxylic acids is 1. The zero-order valence-corrected chi connectivity index (χ0v) is 18.2. The smallest absolute Gasteiger partial charge is 0.378 e. The first-order chi connectivity index (χ1) is 15.0. The summed E-state index contributed by atoms with van der Waals surface area (Å²) >= 11 is 5.89. The Morgan fingerprint density at radius 2 is 1.50 bits per heavy atom. The van der Waals surface area contributed by atoms with Crippen LogP contribution < -0.4 is 5.32 Å². The highest BCUT2D eigenvalue weighted by molar-refractivity contribution is 7.45. The van der Waals surface area contributed by atoms with Crippen molar-refractivity contribution in [1.29, 1.82) is 0 Å². The molecule has 0 saturated carbocycles. The minimum absolute atomic E-state index is 0.0186. The van der Waals surface area contributed by atoms with Gasteiger partial charge in [-0.15, -0.1) is 0 Å². The average Bonchev–Trinajstić information content (AvgIpc) is 2.73. The highest BCUT2D eigenvalue weighted by atomic mass is 35.5. The van der Waals surface area contributed by atoms with E-state index in [9.17, 15) is 14.9 Å². The summed E-state index contributed by atoms with van der Waals surface area (Å²) in [4.78, 5) is 44.6. The number of halogens is 1. The fraction of sp³-hybridized carbons (Fsp3) is 0.0952. The second kappa shape index (κ2) is 11.5. The Bertz CT molecular complexity index is 1080. The molecule has 3 aromatic rings. The largest absolute Gasteiger partial charge is 0.466 e. The van der Waals surface area contributed by atoms with E-state index in [1.54, 1.807) is 36.4 Å². The highest BCUT2D eigenvalue weighted by Gasteiger charge is 2.18. The van der Waals surface area contributed by atoms with Crippen molar-refractivity contribution in [3.63, 3.8) is 0 Å². The molecule has 0 aliphatic carbocycles. The number of nitro benzene ring substituents is 1. The second-order valence-corrected chi connectivity index (χ2v) is 8.02. The van der Waals surface area contributed by atoms with Crippen LogP contribution in [0.4, 0.5) is 11.4 Å². The summed E-state index contributed by atoms with van der Waals surface area (Å²) in [5.41, 5.74) is 2.27. The molecule has 0 aliphatic rings. The number of hydrogen-bond acceptors (Lipinski definition) is 5. The van der Waals surface area contributed by atoms with Crippen LogP contribution in [0.25, 0.3) is 0 Å².